The normalized spacial score (nSPS) is 13.9. The molecule has 1 N–H and O–H groups in total. The first-order valence-corrected chi connectivity index (χ1v) is 7.84. The second-order valence-electron chi connectivity index (χ2n) is 5.90. The van der Waals surface area contributed by atoms with Crippen LogP contribution >= 0.6 is 0 Å². The number of nitrogens with zero attached hydrogens (tertiary/aromatic N) is 5. The smallest absolute Gasteiger partial charge is 0.0969 e. The van der Waals surface area contributed by atoms with E-state index in [4.69, 9.17) is 0 Å². The summed E-state index contributed by atoms with van der Waals surface area (Å²) in [6.45, 7) is 7.04. The van der Waals surface area contributed by atoms with Crippen molar-refractivity contribution in [3.05, 3.63) is 60.2 Å². The Balaban J connectivity index is 1.59. The van der Waals surface area contributed by atoms with E-state index in [2.05, 4.69) is 47.7 Å². The third-order valence-electron chi connectivity index (χ3n) is 4.04. The van der Waals surface area contributed by atoms with Gasteiger partial charge in [0.05, 0.1) is 29.8 Å². The molecule has 6 heteroatoms. The third-order valence-corrected chi connectivity index (χ3v) is 4.04. The predicted octanol–water partition coefficient (Wildman–Crippen LogP) is 2.51. The van der Waals surface area contributed by atoms with Crippen molar-refractivity contribution in [1.29, 1.82) is 0 Å². The Labute approximate surface area is 136 Å². The molecule has 0 amide bonds. The van der Waals surface area contributed by atoms with Crippen molar-refractivity contribution in [2.75, 3.05) is 0 Å². The molecular formula is C17H22N6. The molecule has 2 heterocycles. The predicted molar refractivity (Wildman–Crippen MR) is 89.3 cm³/mol. The standard InChI is InChI=1S/C17H22N6/c1-13-9-19-22(11-13)15(3)14(2)18-10-16-12-23(21-20-16)17-7-5-4-6-8-17/h4-9,11-12,14-15,18H,10H2,1-3H3. The maximum absolute atomic E-state index is 4.38. The van der Waals surface area contributed by atoms with Crippen molar-refractivity contribution in [1.82, 2.24) is 30.1 Å². The molecule has 1 aromatic carbocycles. The summed E-state index contributed by atoms with van der Waals surface area (Å²) in [4.78, 5) is 0. The number of para-hydroxylation sites is 1. The van der Waals surface area contributed by atoms with Crippen molar-refractivity contribution in [3.63, 3.8) is 0 Å². The van der Waals surface area contributed by atoms with Crippen LogP contribution in [0.5, 0.6) is 0 Å². The van der Waals surface area contributed by atoms with E-state index in [1.54, 1.807) is 4.68 Å². The van der Waals surface area contributed by atoms with Gasteiger partial charge in [0, 0.05) is 18.8 Å². The minimum atomic E-state index is 0.271. The zero-order chi connectivity index (χ0) is 16.2. The highest BCUT2D eigenvalue weighted by Gasteiger charge is 2.15. The van der Waals surface area contributed by atoms with E-state index in [1.165, 1.54) is 5.56 Å². The number of nitrogens with one attached hydrogen (secondary N) is 1. The van der Waals surface area contributed by atoms with E-state index >= 15 is 0 Å². The largest absolute Gasteiger partial charge is 0.306 e. The molecule has 2 atom stereocenters. The van der Waals surface area contributed by atoms with Crippen LogP contribution in [-0.2, 0) is 6.54 Å². The second-order valence-corrected chi connectivity index (χ2v) is 5.90. The second kappa shape index (κ2) is 6.75. The van der Waals surface area contributed by atoms with Crippen molar-refractivity contribution in [2.45, 2.75) is 39.4 Å². The maximum atomic E-state index is 4.38. The molecule has 6 nitrogen and oxygen atoms in total. The molecule has 0 bridgehead atoms. The Bertz CT molecular complexity index is 745. The van der Waals surface area contributed by atoms with Gasteiger partial charge >= 0.3 is 0 Å². The number of aromatic nitrogens is 5. The monoisotopic (exact) mass is 310 g/mol. The van der Waals surface area contributed by atoms with E-state index in [9.17, 15) is 0 Å². The average Bonchev–Trinajstić information content (AvgIpc) is 3.22. The van der Waals surface area contributed by atoms with Gasteiger partial charge in [0.1, 0.15) is 0 Å². The van der Waals surface area contributed by atoms with E-state index in [-0.39, 0.29) is 12.1 Å². The molecule has 0 aliphatic heterocycles. The van der Waals surface area contributed by atoms with Gasteiger partial charge in [-0.05, 0) is 38.5 Å². The Kier molecular flexibility index (Phi) is 4.52. The molecule has 2 unspecified atom stereocenters. The van der Waals surface area contributed by atoms with Crippen LogP contribution < -0.4 is 5.32 Å². The lowest BCUT2D eigenvalue weighted by Gasteiger charge is -2.21. The lowest BCUT2D eigenvalue weighted by atomic mass is 10.1. The van der Waals surface area contributed by atoms with E-state index in [0.717, 1.165) is 11.4 Å². The Morgan fingerprint density at radius 1 is 1.13 bits per heavy atom. The molecule has 0 fully saturated rings. The SMILES string of the molecule is Cc1cnn(C(C)C(C)NCc2cn(-c3ccccc3)nn2)c1. The van der Waals surface area contributed by atoms with E-state index in [0.29, 0.717) is 6.54 Å². The molecule has 0 radical (unpaired) electrons. The van der Waals surface area contributed by atoms with Crippen LogP contribution in [0.4, 0.5) is 0 Å². The fraction of sp³-hybridized carbons (Fsp3) is 0.353. The molecule has 23 heavy (non-hydrogen) atoms. The first-order chi connectivity index (χ1) is 11.1. The van der Waals surface area contributed by atoms with Crippen molar-refractivity contribution >= 4 is 0 Å². The van der Waals surface area contributed by atoms with Crippen molar-refractivity contribution in [2.24, 2.45) is 0 Å². The van der Waals surface area contributed by atoms with Crippen LogP contribution in [0, 0.1) is 6.92 Å². The average molecular weight is 310 g/mol. The number of hydrogen-bond donors (Lipinski definition) is 1. The molecule has 2 aromatic heterocycles. The lowest BCUT2D eigenvalue weighted by Crippen LogP contribution is -2.33. The Hall–Kier alpha value is -2.47. The van der Waals surface area contributed by atoms with E-state index in [1.807, 2.05) is 47.4 Å². The van der Waals surface area contributed by atoms with Crippen LogP contribution in [-0.4, -0.2) is 30.8 Å². The van der Waals surface area contributed by atoms with Gasteiger partial charge in [-0.25, -0.2) is 4.68 Å². The molecule has 0 spiro atoms. The summed E-state index contributed by atoms with van der Waals surface area (Å²) in [6, 6.07) is 10.5. The molecule has 0 saturated heterocycles. The highest BCUT2D eigenvalue weighted by molar-refractivity contribution is 5.29. The molecular weight excluding hydrogens is 288 g/mol. The van der Waals surface area contributed by atoms with Gasteiger partial charge in [0.25, 0.3) is 0 Å². The van der Waals surface area contributed by atoms with Gasteiger partial charge in [0.2, 0.25) is 0 Å². The zero-order valence-electron chi connectivity index (χ0n) is 13.7. The molecule has 0 aliphatic rings. The highest BCUT2D eigenvalue weighted by Crippen LogP contribution is 2.11. The molecule has 120 valence electrons. The maximum Gasteiger partial charge on any atom is 0.0969 e. The summed E-state index contributed by atoms with van der Waals surface area (Å²) in [5, 5.41) is 16.3. The number of rotatable bonds is 6. The topological polar surface area (TPSA) is 60.6 Å². The van der Waals surface area contributed by atoms with E-state index < -0.39 is 0 Å². The molecule has 0 aliphatic carbocycles. The fourth-order valence-electron chi connectivity index (χ4n) is 2.41. The minimum Gasteiger partial charge on any atom is -0.306 e. The first kappa shape index (κ1) is 15.4. The van der Waals surface area contributed by atoms with Gasteiger partial charge in [0.15, 0.2) is 0 Å². The van der Waals surface area contributed by atoms with Gasteiger partial charge in [-0.1, -0.05) is 23.4 Å². The summed E-state index contributed by atoms with van der Waals surface area (Å²) in [5.74, 6) is 0. The lowest BCUT2D eigenvalue weighted by molar-refractivity contribution is 0.363. The van der Waals surface area contributed by atoms with Crippen LogP contribution in [0.15, 0.2) is 48.9 Å². The van der Waals surface area contributed by atoms with Crippen LogP contribution in [0.3, 0.4) is 0 Å². The van der Waals surface area contributed by atoms with Crippen LogP contribution in [0.1, 0.15) is 31.1 Å². The molecule has 3 aromatic rings. The van der Waals surface area contributed by atoms with Crippen molar-refractivity contribution in [3.8, 4) is 5.69 Å². The number of benzene rings is 1. The van der Waals surface area contributed by atoms with Crippen LogP contribution in [0.25, 0.3) is 5.69 Å². The summed E-state index contributed by atoms with van der Waals surface area (Å²) < 4.78 is 3.79. The quantitative estimate of drug-likeness (QED) is 0.760. The van der Waals surface area contributed by atoms with Crippen molar-refractivity contribution < 1.29 is 0 Å². The summed E-state index contributed by atoms with van der Waals surface area (Å²) in [7, 11) is 0. The number of aryl methyl sites for hydroxylation is 1. The molecule has 0 saturated carbocycles. The highest BCUT2D eigenvalue weighted by atomic mass is 15.4. The third kappa shape index (κ3) is 3.65. The minimum absolute atomic E-state index is 0.271. The Morgan fingerprint density at radius 2 is 1.91 bits per heavy atom. The summed E-state index contributed by atoms with van der Waals surface area (Å²) in [5.41, 5.74) is 3.11. The summed E-state index contributed by atoms with van der Waals surface area (Å²) >= 11 is 0. The van der Waals surface area contributed by atoms with Crippen LogP contribution in [0.2, 0.25) is 0 Å². The first-order valence-electron chi connectivity index (χ1n) is 7.84. The fourth-order valence-corrected chi connectivity index (χ4v) is 2.41. The van der Waals surface area contributed by atoms with Gasteiger partial charge < -0.3 is 5.32 Å². The van der Waals surface area contributed by atoms with Gasteiger partial charge in [-0.3, -0.25) is 4.68 Å². The summed E-state index contributed by atoms with van der Waals surface area (Å²) in [6.07, 6.45) is 5.90. The Morgan fingerprint density at radius 3 is 2.61 bits per heavy atom. The van der Waals surface area contributed by atoms with Gasteiger partial charge in [-0.2, -0.15) is 5.10 Å². The molecule has 3 rings (SSSR count). The zero-order valence-corrected chi connectivity index (χ0v) is 13.7. The number of hydrogen-bond acceptors (Lipinski definition) is 4. The van der Waals surface area contributed by atoms with Gasteiger partial charge in [-0.15, -0.1) is 5.10 Å².